The van der Waals surface area contributed by atoms with Gasteiger partial charge in [0.2, 0.25) is 0 Å². The van der Waals surface area contributed by atoms with Gasteiger partial charge < -0.3 is 10.1 Å². The first-order chi connectivity index (χ1) is 11.0. The molecule has 0 spiro atoms. The van der Waals surface area contributed by atoms with Crippen LogP contribution in [0.4, 0.5) is 4.39 Å². The predicted octanol–water partition coefficient (Wildman–Crippen LogP) is 4.26. The van der Waals surface area contributed by atoms with Crippen LogP contribution in [0.1, 0.15) is 12.5 Å². The third-order valence-corrected chi connectivity index (χ3v) is 3.94. The molecule has 2 rings (SSSR count). The summed E-state index contributed by atoms with van der Waals surface area (Å²) >= 11 is 11.7. The Hall–Kier alpha value is -1.78. The second kappa shape index (κ2) is 8.18. The fourth-order valence-corrected chi connectivity index (χ4v) is 2.22. The average molecular weight is 356 g/mol. The van der Waals surface area contributed by atoms with Crippen molar-refractivity contribution in [2.45, 2.75) is 19.4 Å². The summed E-state index contributed by atoms with van der Waals surface area (Å²) in [6.45, 7) is 2.09. The molecule has 3 nitrogen and oxygen atoms in total. The SMILES string of the molecule is C[C@H](Oc1ccc(Cl)c(Cl)c1)C(=O)NCCc1ccc(F)cc1. The quantitative estimate of drug-likeness (QED) is 0.840. The number of amides is 1. The molecule has 0 radical (unpaired) electrons. The zero-order valence-corrected chi connectivity index (χ0v) is 14.0. The van der Waals surface area contributed by atoms with Crippen molar-refractivity contribution in [1.29, 1.82) is 0 Å². The maximum absolute atomic E-state index is 12.8. The van der Waals surface area contributed by atoms with Crippen LogP contribution in [0.2, 0.25) is 10.0 Å². The van der Waals surface area contributed by atoms with Gasteiger partial charge in [-0.1, -0.05) is 35.3 Å². The van der Waals surface area contributed by atoms with Gasteiger partial charge in [0.1, 0.15) is 11.6 Å². The Bertz CT molecular complexity index is 677. The van der Waals surface area contributed by atoms with E-state index in [0.717, 1.165) is 5.56 Å². The molecule has 1 N–H and O–H groups in total. The van der Waals surface area contributed by atoms with Crippen LogP contribution >= 0.6 is 23.2 Å². The summed E-state index contributed by atoms with van der Waals surface area (Å²) in [7, 11) is 0. The zero-order valence-electron chi connectivity index (χ0n) is 12.5. The third-order valence-electron chi connectivity index (χ3n) is 3.20. The third kappa shape index (κ3) is 5.41. The van der Waals surface area contributed by atoms with Gasteiger partial charge in [-0.25, -0.2) is 4.39 Å². The summed E-state index contributed by atoms with van der Waals surface area (Å²) in [5.74, 6) is -0.0415. The highest BCUT2D eigenvalue weighted by atomic mass is 35.5. The highest BCUT2D eigenvalue weighted by Gasteiger charge is 2.14. The normalized spacial score (nSPS) is 11.8. The lowest BCUT2D eigenvalue weighted by molar-refractivity contribution is -0.127. The largest absolute Gasteiger partial charge is 0.481 e. The molecule has 0 unspecified atom stereocenters. The van der Waals surface area contributed by atoms with E-state index < -0.39 is 6.10 Å². The average Bonchev–Trinajstić information content (AvgIpc) is 2.52. The minimum Gasteiger partial charge on any atom is -0.481 e. The Morgan fingerprint density at radius 2 is 1.87 bits per heavy atom. The standard InChI is InChI=1S/C17H16Cl2FNO2/c1-11(23-14-6-7-15(18)16(19)10-14)17(22)21-9-8-12-2-4-13(20)5-3-12/h2-7,10-11H,8-9H2,1H3,(H,21,22)/t11-/m0/s1. The van der Waals surface area contributed by atoms with Gasteiger partial charge in [0.25, 0.3) is 5.91 Å². The Kier molecular flexibility index (Phi) is 6.25. The van der Waals surface area contributed by atoms with Crippen LogP contribution in [-0.4, -0.2) is 18.6 Å². The highest BCUT2D eigenvalue weighted by Crippen LogP contribution is 2.26. The number of rotatable bonds is 6. The molecule has 2 aromatic carbocycles. The van der Waals surface area contributed by atoms with E-state index in [9.17, 15) is 9.18 Å². The summed E-state index contributed by atoms with van der Waals surface area (Å²) in [6, 6.07) is 11.0. The number of halogens is 3. The number of hydrogen-bond acceptors (Lipinski definition) is 2. The van der Waals surface area contributed by atoms with Crippen LogP contribution in [0.15, 0.2) is 42.5 Å². The second-order valence-corrected chi connectivity index (χ2v) is 5.82. The van der Waals surface area contributed by atoms with E-state index in [1.807, 2.05) is 0 Å². The molecule has 0 saturated heterocycles. The van der Waals surface area contributed by atoms with E-state index in [0.29, 0.717) is 28.8 Å². The van der Waals surface area contributed by atoms with Gasteiger partial charge in [-0.3, -0.25) is 4.79 Å². The van der Waals surface area contributed by atoms with Crippen molar-refractivity contribution in [3.05, 3.63) is 63.9 Å². The zero-order chi connectivity index (χ0) is 16.8. The number of hydrogen-bond donors (Lipinski definition) is 1. The van der Waals surface area contributed by atoms with Crippen molar-refractivity contribution in [3.8, 4) is 5.75 Å². The molecular formula is C17H16Cl2FNO2. The molecule has 0 aliphatic heterocycles. The number of benzene rings is 2. The first kappa shape index (κ1) is 17.6. The molecule has 2 aromatic rings. The number of ether oxygens (including phenoxy) is 1. The van der Waals surface area contributed by atoms with Crippen molar-refractivity contribution in [3.63, 3.8) is 0 Å². The van der Waals surface area contributed by atoms with Crippen LogP contribution in [0, 0.1) is 5.82 Å². The van der Waals surface area contributed by atoms with E-state index in [1.54, 1.807) is 37.3 Å². The molecule has 1 amide bonds. The van der Waals surface area contributed by atoms with Crippen molar-refractivity contribution in [1.82, 2.24) is 5.32 Å². The van der Waals surface area contributed by atoms with Crippen molar-refractivity contribution in [2.75, 3.05) is 6.54 Å². The van der Waals surface area contributed by atoms with Gasteiger partial charge in [-0.2, -0.15) is 0 Å². The molecule has 1 atom stereocenters. The Morgan fingerprint density at radius 3 is 2.52 bits per heavy atom. The van der Waals surface area contributed by atoms with E-state index in [1.165, 1.54) is 12.1 Å². The second-order valence-electron chi connectivity index (χ2n) is 5.00. The molecule has 0 saturated carbocycles. The number of nitrogens with one attached hydrogen (secondary N) is 1. The molecule has 0 aliphatic carbocycles. The summed E-state index contributed by atoms with van der Waals surface area (Å²) in [5.41, 5.74) is 0.949. The molecule has 23 heavy (non-hydrogen) atoms. The van der Waals surface area contributed by atoms with E-state index in [-0.39, 0.29) is 11.7 Å². The van der Waals surface area contributed by atoms with Crippen LogP contribution in [-0.2, 0) is 11.2 Å². The molecule has 6 heteroatoms. The topological polar surface area (TPSA) is 38.3 Å². The first-order valence-electron chi connectivity index (χ1n) is 7.09. The maximum atomic E-state index is 12.8. The van der Waals surface area contributed by atoms with Crippen LogP contribution in [0.3, 0.4) is 0 Å². The van der Waals surface area contributed by atoms with Gasteiger partial charge >= 0.3 is 0 Å². The summed E-state index contributed by atoms with van der Waals surface area (Å²) < 4.78 is 18.3. The van der Waals surface area contributed by atoms with Gasteiger partial charge in [-0.15, -0.1) is 0 Å². The molecule has 0 aromatic heterocycles. The molecule has 0 heterocycles. The summed E-state index contributed by atoms with van der Waals surface area (Å²) in [5, 5.41) is 3.57. The summed E-state index contributed by atoms with van der Waals surface area (Å²) in [6.07, 6.45) is -0.0497. The van der Waals surface area contributed by atoms with Crippen molar-refractivity contribution in [2.24, 2.45) is 0 Å². The Morgan fingerprint density at radius 1 is 1.17 bits per heavy atom. The molecule has 0 fully saturated rings. The Labute approximate surface area is 144 Å². The lowest BCUT2D eigenvalue weighted by atomic mass is 10.1. The molecule has 122 valence electrons. The summed E-state index contributed by atoms with van der Waals surface area (Å²) in [4.78, 5) is 12.0. The van der Waals surface area contributed by atoms with Gasteiger partial charge in [0.05, 0.1) is 10.0 Å². The van der Waals surface area contributed by atoms with E-state index >= 15 is 0 Å². The minimum absolute atomic E-state index is 0.238. The number of carbonyl (C=O) groups excluding carboxylic acids is 1. The van der Waals surface area contributed by atoms with Gasteiger partial charge in [0, 0.05) is 12.6 Å². The first-order valence-corrected chi connectivity index (χ1v) is 7.85. The predicted molar refractivity (Wildman–Crippen MR) is 89.7 cm³/mol. The maximum Gasteiger partial charge on any atom is 0.260 e. The smallest absolute Gasteiger partial charge is 0.260 e. The highest BCUT2D eigenvalue weighted by molar-refractivity contribution is 6.42. The lowest BCUT2D eigenvalue weighted by Crippen LogP contribution is -2.37. The number of carbonyl (C=O) groups is 1. The molecule has 0 aliphatic rings. The van der Waals surface area contributed by atoms with E-state index in [2.05, 4.69) is 5.32 Å². The van der Waals surface area contributed by atoms with Crippen LogP contribution in [0.5, 0.6) is 5.75 Å². The fraction of sp³-hybridized carbons (Fsp3) is 0.235. The van der Waals surface area contributed by atoms with Crippen molar-refractivity contribution < 1.29 is 13.9 Å². The van der Waals surface area contributed by atoms with Gasteiger partial charge in [0.15, 0.2) is 6.10 Å². The minimum atomic E-state index is -0.666. The molecular weight excluding hydrogens is 340 g/mol. The fourth-order valence-electron chi connectivity index (χ4n) is 1.93. The Balaban J connectivity index is 1.80. The lowest BCUT2D eigenvalue weighted by Gasteiger charge is -2.15. The van der Waals surface area contributed by atoms with Gasteiger partial charge in [-0.05, 0) is 43.2 Å². The molecule has 0 bridgehead atoms. The van der Waals surface area contributed by atoms with E-state index in [4.69, 9.17) is 27.9 Å². The van der Waals surface area contributed by atoms with Crippen LogP contribution in [0.25, 0.3) is 0 Å². The monoisotopic (exact) mass is 355 g/mol. The van der Waals surface area contributed by atoms with Crippen LogP contribution < -0.4 is 10.1 Å². The van der Waals surface area contributed by atoms with Crippen molar-refractivity contribution >= 4 is 29.1 Å².